The summed E-state index contributed by atoms with van der Waals surface area (Å²) in [4.78, 5) is 0. The Balaban J connectivity index is 1.70. The Morgan fingerprint density at radius 2 is 1.86 bits per heavy atom. The zero-order chi connectivity index (χ0) is 14.7. The molecule has 0 N–H and O–H groups in total. The average Bonchev–Trinajstić information content (AvgIpc) is 2.93. The molecule has 0 fully saturated rings. The molecule has 1 aromatic heterocycles. The Hall–Kier alpha value is -1.85. The van der Waals surface area contributed by atoms with Crippen molar-refractivity contribution in [1.82, 2.24) is 5.16 Å². The molecular formula is C16H14BrNO3. The number of hydrogen-bond acceptors (Lipinski definition) is 4. The van der Waals surface area contributed by atoms with E-state index >= 15 is 0 Å². The molecule has 0 saturated carbocycles. The molecule has 0 aliphatic rings. The predicted molar refractivity (Wildman–Crippen MR) is 83.2 cm³/mol. The number of methoxy groups -OCH3 is 1. The van der Waals surface area contributed by atoms with Gasteiger partial charge in [0.15, 0.2) is 5.76 Å². The van der Waals surface area contributed by atoms with Crippen LogP contribution >= 0.6 is 15.9 Å². The summed E-state index contributed by atoms with van der Waals surface area (Å²) in [5.74, 6) is 1.50. The lowest BCUT2D eigenvalue weighted by Gasteiger charge is -2.05. The van der Waals surface area contributed by atoms with Crippen molar-refractivity contribution in [3.63, 3.8) is 0 Å². The number of ether oxygens (including phenoxy) is 2. The molecule has 3 rings (SSSR count). The Labute approximate surface area is 130 Å². The van der Waals surface area contributed by atoms with Gasteiger partial charge in [0.05, 0.1) is 0 Å². The number of hydrogen-bond donors (Lipinski definition) is 0. The van der Waals surface area contributed by atoms with Crippen LogP contribution in [0.5, 0.6) is 5.75 Å². The molecule has 5 heteroatoms. The lowest BCUT2D eigenvalue weighted by molar-refractivity contribution is 0.155. The fourth-order valence-electron chi connectivity index (χ4n) is 2.08. The molecule has 21 heavy (non-hydrogen) atoms. The number of halogens is 1. The van der Waals surface area contributed by atoms with Crippen LogP contribution in [-0.2, 0) is 18.0 Å². The summed E-state index contributed by atoms with van der Waals surface area (Å²) in [6.07, 6.45) is 0. The predicted octanol–water partition coefficient (Wildman–Crippen LogP) is 4.32. The van der Waals surface area contributed by atoms with E-state index in [-0.39, 0.29) is 0 Å². The molecule has 0 aliphatic heterocycles. The molecule has 0 radical (unpaired) electrons. The smallest absolute Gasteiger partial charge is 0.162 e. The molecule has 1 heterocycles. The highest BCUT2D eigenvalue weighted by atomic mass is 79.9. The average molecular weight is 348 g/mol. The quantitative estimate of drug-likeness (QED) is 0.689. The second-order valence-electron chi connectivity index (χ2n) is 4.66. The fraction of sp³-hybridized carbons (Fsp3) is 0.188. The Morgan fingerprint density at radius 3 is 2.71 bits per heavy atom. The number of benzene rings is 2. The third-order valence-corrected chi connectivity index (χ3v) is 3.55. The molecule has 108 valence electrons. The highest BCUT2D eigenvalue weighted by Crippen LogP contribution is 2.24. The molecule has 3 aromatic rings. The zero-order valence-electron chi connectivity index (χ0n) is 11.5. The van der Waals surface area contributed by atoms with Gasteiger partial charge in [-0.1, -0.05) is 33.2 Å². The van der Waals surface area contributed by atoms with E-state index in [4.69, 9.17) is 14.0 Å². The zero-order valence-corrected chi connectivity index (χ0v) is 13.1. The van der Waals surface area contributed by atoms with Crippen molar-refractivity contribution in [2.45, 2.75) is 13.2 Å². The summed E-state index contributed by atoms with van der Waals surface area (Å²) < 4.78 is 16.9. The lowest BCUT2D eigenvalue weighted by Crippen LogP contribution is -1.95. The van der Waals surface area contributed by atoms with Gasteiger partial charge in [-0.05, 0) is 35.0 Å². The van der Waals surface area contributed by atoms with Gasteiger partial charge in [0, 0.05) is 17.6 Å². The third kappa shape index (κ3) is 3.43. The first-order chi connectivity index (χ1) is 10.2. The van der Waals surface area contributed by atoms with E-state index in [0.29, 0.717) is 19.0 Å². The third-order valence-electron chi connectivity index (χ3n) is 3.05. The first kappa shape index (κ1) is 14.1. The molecule has 0 unspecified atom stereocenters. The summed E-state index contributed by atoms with van der Waals surface area (Å²) >= 11 is 3.47. The number of nitrogens with zero attached hydrogens (tertiary/aromatic N) is 1. The van der Waals surface area contributed by atoms with E-state index in [1.165, 1.54) is 5.39 Å². The first-order valence-electron chi connectivity index (χ1n) is 6.50. The molecule has 4 nitrogen and oxygen atoms in total. The van der Waals surface area contributed by atoms with Crippen LogP contribution in [0.25, 0.3) is 10.8 Å². The maximum atomic E-state index is 5.75. The SMILES string of the molecule is COCc1cc(COc2ccc3cc(Br)ccc3c2)no1. The van der Waals surface area contributed by atoms with Gasteiger partial charge in [-0.3, -0.25) is 0 Å². The number of aromatic nitrogens is 1. The van der Waals surface area contributed by atoms with Crippen LogP contribution in [0.15, 0.2) is 51.5 Å². The fourth-order valence-corrected chi connectivity index (χ4v) is 2.45. The Bertz CT molecular complexity index is 754. The van der Waals surface area contributed by atoms with Gasteiger partial charge in [-0.25, -0.2) is 0 Å². The monoisotopic (exact) mass is 347 g/mol. The largest absolute Gasteiger partial charge is 0.487 e. The van der Waals surface area contributed by atoms with Gasteiger partial charge in [0.2, 0.25) is 0 Å². The summed E-state index contributed by atoms with van der Waals surface area (Å²) in [6, 6.07) is 14.0. The lowest BCUT2D eigenvalue weighted by atomic mass is 10.1. The Morgan fingerprint density at radius 1 is 1.05 bits per heavy atom. The van der Waals surface area contributed by atoms with Crippen molar-refractivity contribution in [2.75, 3.05) is 7.11 Å². The summed E-state index contributed by atoms with van der Waals surface area (Å²) in [7, 11) is 1.62. The van der Waals surface area contributed by atoms with Crippen LogP contribution in [-0.4, -0.2) is 12.3 Å². The molecule has 0 atom stereocenters. The van der Waals surface area contributed by atoms with E-state index in [0.717, 1.165) is 21.3 Å². The van der Waals surface area contributed by atoms with Crippen molar-refractivity contribution in [1.29, 1.82) is 0 Å². The van der Waals surface area contributed by atoms with E-state index in [1.54, 1.807) is 7.11 Å². The van der Waals surface area contributed by atoms with Gasteiger partial charge in [0.25, 0.3) is 0 Å². The van der Waals surface area contributed by atoms with Gasteiger partial charge >= 0.3 is 0 Å². The van der Waals surface area contributed by atoms with Gasteiger partial charge in [0.1, 0.15) is 24.7 Å². The molecule has 0 bridgehead atoms. The van der Waals surface area contributed by atoms with Crippen molar-refractivity contribution >= 4 is 26.7 Å². The van der Waals surface area contributed by atoms with E-state index in [1.807, 2.05) is 30.3 Å². The van der Waals surface area contributed by atoms with Crippen molar-refractivity contribution < 1.29 is 14.0 Å². The molecule has 2 aromatic carbocycles. The van der Waals surface area contributed by atoms with Crippen LogP contribution in [0.2, 0.25) is 0 Å². The Kier molecular flexibility index (Phi) is 4.22. The molecule has 0 spiro atoms. The second-order valence-corrected chi connectivity index (χ2v) is 5.58. The van der Waals surface area contributed by atoms with Crippen LogP contribution in [0.3, 0.4) is 0 Å². The minimum Gasteiger partial charge on any atom is -0.487 e. The molecule has 0 aliphatic carbocycles. The van der Waals surface area contributed by atoms with Crippen molar-refractivity contribution in [3.05, 3.63) is 58.4 Å². The highest BCUT2D eigenvalue weighted by molar-refractivity contribution is 9.10. The maximum Gasteiger partial charge on any atom is 0.162 e. The number of rotatable bonds is 5. The normalized spacial score (nSPS) is 11.0. The second kappa shape index (κ2) is 6.28. The van der Waals surface area contributed by atoms with Gasteiger partial charge < -0.3 is 14.0 Å². The standard InChI is InChI=1S/C16H14BrNO3/c1-19-10-16-8-14(18-21-16)9-20-15-5-3-11-6-13(17)4-2-12(11)7-15/h2-8H,9-10H2,1H3. The number of fused-ring (bicyclic) bond motifs is 1. The van der Waals surface area contributed by atoms with Crippen molar-refractivity contribution in [3.8, 4) is 5.75 Å². The summed E-state index contributed by atoms with van der Waals surface area (Å²) in [5.41, 5.74) is 0.748. The molecule has 0 amide bonds. The highest BCUT2D eigenvalue weighted by Gasteiger charge is 2.05. The van der Waals surface area contributed by atoms with Crippen LogP contribution in [0.4, 0.5) is 0 Å². The topological polar surface area (TPSA) is 44.5 Å². The summed E-state index contributed by atoms with van der Waals surface area (Å²) in [6.45, 7) is 0.785. The minimum atomic E-state index is 0.370. The minimum absolute atomic E-state index is 0.370. The van der Waals surface area contributed by atoms with Gasteiger partial charge in [-0.2, -0.15) is 0 Å². The molecular weight excluding hydrogens is 334 g/mol. The van der Waals surface area contributed by atoms with E-state index < -0.39 is 0 Å². The van der Waals surface area contributed by atoms with Gasteiger partial charge in [-0.15, -0.1) is 0 Å². The summed E-state index contributed by atoms with van der Waals surface area (Å²) in [5, 5.41) is 6.24. The van der Waals surface area contributed by atoms with E-state index in [2.05, 4.69) is 33.2 Å². The van der Waals surface area contributed by atoms with Crippen molar-refractivity contribution in [2.24, 2.45) is 0 Å². The van der Waals surface area contributed by atoms with Crippen LogP contribution in [0, 0.1) is 0 Å². The van der Waals surface area contributed by atoms with Crippen LogP contribution < -0.4 is 4.74 Å². The molecule has 0 saturated heterocycles. The van der Waals surface area contributed by atoms with E-state index in [9.17, 15) is 0 Å². The van der Waals surface area contributed by atoms with Crippen LogP contribution in [0.1, 0.15) is 11.5 Å². The first-order valence-corrected chi connectivity index (χ1v) is 7.29. The maximum absolute atomic E-state index is 5.75.